The van der Waals surface area contributed by atoms with Crippen LogP contribution in [0.15, 0.2) is 36.4 Å². The number of nitrogens with zero attached hydrogens (tertiary/aromatic N) is 1. The minimum atomic E-state index is -0.106. The smallest absolute Gasteiger partial charge is 0.243 e. The van der Waals surface area contributed by atoms with Gasteiger partial charge in [0, 0.05) is 17.0 Å². The zero-order valence-corrected chi connectivity index (χ0v) is 11.0. The molecule has 4 nitrogen and oxygen atoms in total. The normalized spacial score (nSPS) is 10.2. The van der Waals surface area contributed by atoms with E-state index in [9.17, 15) is 9.59 Å². The number of aldehydes is 1. The fourth-order valence-corrected chi connectivity index (χ4v) is 2.02. The zero-order chi connectivity index (χ0) is 13.8. The molecule has 2 rings (SSSR count). The molecule has 98 valence electrons. The van der Waals surface area contributed by atoms with Gasteiger partial charge in [0.1, 0.15) is 0 Å². The highest BCUT2D eigenvalue weighted by atomic mass is 16.2. The number of nitrogens with one attached hydrogen (secondary N) is 1. The molecule has 0 saturated carbocycles. The van der Waals surface area contributed by atoms with Crippen molar-refractivity contribution in [2.45, 2.75) is 20.3 Å². The third kappa shape index (κ3) is 2.91. The van der Waals surface area contributed by atoms with Gasteiger partial charge in [-0.25, -0.2) is 0 Å². The molecule has 0 aliphatic rings. The largest absolute Gasteiger partial charge is 0.298 e. The van der Waals surface area contributed by atoms with E-state index in [4.69, 9.17) is 0 Å². The highest BCUT2D eigenvalue weighted by Crippen LogP contribution is 2.11. The van der Waals surface area contributed by atoms with Gasteiger partial charge in [-0.1, -0.05) is 30.3 Å². The Morgan fingerprint density at radius 2 is 1.95 bits per heavy atom. The topological polar surface area (TPSA) is 51.1 Å². The fraction of sp³-hybridized carbons (Fsp3) is 0.200. The third-order valence-corrected chi connectivity index (χ3v) is 3.04. The van der Waals surface area contributed by atoms with Crippen LogP contribution in [0.2, 0.25) is 0 Å². The standard InChI is InChI=1S/C15H16N2O2/c1-11-8-14(10-18)12(2)17(11)16-15(19)9-13-6-4-3-5-7-13/h3-8,10H,9H2,1-2H3,(H,16,19). The van der Waals surface area contributed by atoms with Crippen molar-refractivity contribution in [1.82, 2.24) is 4.68 Å². The van der Waals surface area contributed by atoms with Crippen LogP contribution >= 0.6 is 0 Å². The molecule has 0 aliphatic carbocycles. The van der Waals surface area contributed by atoms with E-state index in [1.54, 1.807) is 17.7 Å². The second-order valence-corrected chi connectivity index (χ2v) is 4.48. The van der Waals surface area contributed by atoms with E-state index < -0.39 is 0 Å². The number of rotatable bonds is 4. The van der Waals surface area contributed by atoms with Gasteiger partial charge in [-0.3, -0.25) is 19.7 Å². The van der Waals surface area contributed by atoms with Gasteiger partial charge in [-0.15, -0.1) is 0 Å². The van der Waals surface area contributed by atoms with Crippen molar-refractivity contribution >= 4 is 12.2 Å². The molecular formula is C15H16N2O2. The molecule has 1 N–H and O–H groups in total. The second-order valence-electron chi connectivity index (χ2n) is 4.48. The van der Waals surface area contributed by atoms with Crippen molar-refractivity contribution < 1.29 is 9.59 Å². The van der Waals surface area contributed by atoms with Crippen LogP contribution in [-0.4, -0.2) is 16.9 Å². The highest BCUT2D eigenvalue weighted by Gasteiger charge is 2.11. The van der Waals surface area contributed by atoms with Crippen molar-refractivity contribution in [1.29, 1.82) is 0 Å². The van der Waals surface area contributed by atoms with Gasteiger partial charge in [0.15, 0.2) is 6.29 Å². The molecular weight excluding hydrogens is 240 g/mol. The Hall–Kier alpha value is -2.36. The lowest BCUT2D eigenvalue weighted by Gasteiger charge is -2.11. The quantitative estimate of drug-likeness (QED) is 0.853. The maximum absolute atomic E-state index is 12.0. The summed E-state index contributed by atoms with van der Waals surface area (Å²) < 4.78 is 1.65. The molecule has 0 saturated heterocycles. The van der Waals surface area contributed by atoms with Crippen molar-refractivity contribution in [3.05, 3.63) is 58.9 Å². The first-order valence-corrected chi connectivity index (χ1v) is 6.09. The Bertz CT molecular complexity index is 600. The van der Waals surface area contributed by atoms with Crippen LogP contribution in [-0.2, 0) is 11.2 Å². The minimum Gasteiger partial charge on any atom is -0.298 e. The molecule has 1 amide bonds. The monoisotopic (exact) mass is 256 g/mol. The van der Waals surface area contributed by atoms with Gasteiger partial charge < -0.3 is 0 Å². The molecule has 0 atom stereocenters. The Labute approximate surface area is 112 Å². The van der Waals surface area contributed by atoms with Crippen molar-refractivity contribution in [3.63, 3.8) is 0 Å². The summed E-state index contributed by atoms with van der Waals surface area (Å²) >= 11 is 0. The summed E-state index contributed by atoms with van der Waals surface area (Å²) in [5, 5.41) is 0. The van der Waals surface area contributed by atoms with Crippen LogP contribution in [0.1, 0.15) is 27.3 Å². The number of amides is 1. The minimum absolute atomic E-state index is 0.106. The van der Waals surface area contributed by atoms with E-state index >= 15 is 0 Å². The number of aromatic nitrogens is 1. The van der Waals surface area contributed by atoms with Crippen LogP contribution in [0.3, 0.4) is 0 Å². The summed E-state index contributed by atoms with van der Waals surface area (Å²) in [5.74, 6) is -0.106. The first kappa shape index (κ1) is 13.1. The Kier molecular flexibility index (Phi) is 3.80. The van der Waals surface area contributed by atoms with Gasteiger partial charge >= 0.3 is 0 Å². The van der Waals surface area contributed by atoms with Crippen molar-refractivity contribution in [3.8, 4) is 0 Å². The first-order chi connectivity index (χ1) is 9.11. The average Bonchev–Trinajstić information content (AvgIpc) is 2.67. The van der Waals surface area contributed by atoms with Gasteiger partial charge in [0.25, 0.3) is 0 Å². The highest BCUT2D eigenvalue weighted by molar-refractivity contribution is 5.86. The number of benzene rings is 1. The lowest BCUT2D eigenvalue weighted by atomic mass is 10.1. The van der Waals surface area contributed by atoms with Crippen LogP contribution in [0.4, 0.5) is 0 Å². The van der Waals surface area contributed by atoms with E-state index in [1.165, 1.54) is 0 Å². The van der Waals surface area contributed by atoms with E-state index in [1.807, 2.05) is 37.3 Å². The molecule has 0 aliphatic heterocycles. The molecule has 0 unspecified atom stereocenters. The number of carbonyl (C=O) groups excluding carboxylic acids is 2. The molecule has 0 fully saturated rings. The fourth-order valence-electron chi connectivity index (χ4n) is 2.02. The van der Waals surface area contributed by atoms with Crippen molar-refractivity contribution in [2.75, 3.05) is 5.43 Å². The van der Waals surface area contributed by atoms with Gasteiger partial charge in [0.05, 0.1) is 6.42 Å². The number of hydrogen-bond acceptors (Lipinski definition) is 2. The van der Waals surface area contributed by atoms with E-state index in [-0.39, 0.29) is 5.91 Å². The summed E-state index contributed by atoms with van der Waals surface area (Å²) in [5.41, 5.74) is 5.93. The maximum atomic E-state index is 12.0. The molecule has 4 heteroatoms. The molecule has 2 aromatic rings. The van der Waals surface area contributed by atoms with Gasteiger partial charge in [-0.05, 0) is 25.5 Å². The summed E-state index contributed by atoms with van der Waals surface area (Å²) in [6.45, 7) is 3.66. The predicted molar refractivity (Wildman–Crippen MR) is 73.8 cm³/mol. The first-order valence-electron chi connectivity index (χ1n) is 6.09. The summed E-state index contributed by atoms with van der Waals surface area (Å²) in [4.78, 5) is 22.8. The Morgan fingerprint density at radius 3 is 2.53 bits per heavy atom. The van der Waals surface area contributed by atoms with Crippen LogP contribution in [0, 0.1) is 13.8 Å². The second kappa shape index (κ2) is 5.52. The van der Waals surface area contributed by atoms with Gasteiger partial charge in [0.2, 0.25) is 5.91 Å². The van der Waals surface area contributed by atoms with Crippen LogP contribution in [0.25, 0.3) is 0 Å². The number of aryl methyl sites for hydroxylation is 1. The van der Waals surface area contributed by atoms with E-state index in [0.717, 1.165) is 23.2 Å². The molecule has 0 radical (unpaired) electrons. The molecule has 19 heavy (non-hydrogen) atoms. The zero-order valence-electron chi connectivity index (χ0n) is 11.0. The molecule has 0 spiro atoms. The van der Waals surface area contributed by atoms with Crippen molar-refractivity contribution in [2.24, 2.45) is 0 Å². The lowest BCUT2D eigenvalue weighted by Crippen LogP contribution is -2.26. The third-order valence-electron chi connectivity index (χ3n) is 3.04. The Morgan fingerprint density at radius 1 is 1.26 bits per heavy atom. The predicted octanol–water partition coefficient (Wildman–Crippen LogP) is 2.23. The average molecular weight is 256 g/mol. The molecule has 1 aromatic carbocycles. The molecule has 1 aromatic heterocycles. The summed E-state index contributed by atoms with van der Waals surface area (Å²) in [6.07, 6.45) is 1.11. The summed E-state index contributed by atoms with van der Waals surface area (Å²) in [7, 11) is 0. The molecule has 0 bridgehead atoms. The SMILES string of the molecule is Cc1cc(C=O)c(C)n1NC(=O)Cc1ccccc1. The number of hydrogen-bond donors (Lipinski definition) is 1. The number of carbonyl (C=O) groups is 2. The van der Waals surface area contributed by atoms with Gasteiger partial charge in [-0.2, -0.15) is 0 Å². The summed E-state index contributed by atoms with van der Waals surface area (Å²) in [6, 6.07) is 11.3. The van der Waals surface area contributed by atoms with E-state index in [2.05, 4.69) is 5.43 Å². The van der Waals surface area contributed by atoms with Crippen LogP contribution in [0.5, 0.6) is 0 Å². The van der Waals surface area contributed by atoms with E-state index in [0.29, 0.717) is 12.0 Å². The van der Waals surface area contributed by atoms with Crippen LogP contribution < -0.4 is 5.43 Å². The lowest BCUT2D eigenvalue weighted by molar-refractivity contribution is -0.116. The molecule has 1 heterocycles. The Balaban J connectivity index is 2.11. The maximum Gasteiger partial charge on any atom is 0.243 e.